The van der Waals surface area contributed by atoms with Gasteiger partial charge >= 0.3 is 5.97 Å². The topological polar surface area (TPSA) is 26.3 Å². The molecule has 2 rings (SSSR count). The summed E-state index contributed by atoms with van der Waals surface area (Å²) in [7, 11) is 0. The van der Waals surface area contributed by atoms with Crippen LogP contribution in [-0.2, 0) is 4.79 Å². The van der Waals surface area contributed by atoms with E-state index >= 15 is 0 Å². The third-order valence-corrected chi connectivity index (χ3v) is 3.12. The summed E-state index contributed by atoms with van der Waals surface area (Å²) < 4.78 is 5.99. The summed E-state index contributed by atoms with van der Waals surface area (Å²) in [6, 6.07) is 15.6. The molecule has 0 saturated heterocycles. The van der Waals surface area contributed by atoms with E-state index in [-0.39, 0.29) is 5.97 Å². The third-order valence-electron chi connectivity index (χ3n) is 2.50. The van der Waals surface area contributed by atoms with Gasteiger partial charge < -0.3 is 4.74 Å². The van der Waals surface area contributed by atoms with Gasteiger partial charge in [-0.3, -0.25) is 4.79 Å². The lowest BCUT2D eigenvalue weighted by molar-refractivity contribution is -0.131. The first-order chi connectivity index (χ1) is 9.16. The van der Waals surface area contributed by atoms with E-state index in [0.717, 1.165) is 15.6 Å². The van der Waals surface area contributed by atoms with Crippen LogP contribution in [0.1, 0.15) is 18.1 Å². The Morgan fingerprint density at radius 1 is 1.05 bits per heavy atom. The highest BCUT2D eigenvalue weighted by atomic mass is 79.9. The van der Waals surface area contributed by atoms with E-state index in [1.165, 1.54) is 6.92 Å². The van der Waals surface area contributed by atoms with Crippen molar-refractivity contribution in [3.05, 3.63) is 64.1 Å². The van der Waals surface area contributed by atoms with Crippen molar-refractivity contribution < 1.29 is 9.53 Å². The molecule has 2 nitrogen and oxygen atoms in total. The fourth-order valence-corrected chi connectivity index (χ4v) is 2.12. The van der Waals surface area contributed by atoms with Crippen LogP contribution in [0.3, 0.4) is 0 Å². The van der Waals surface area contributed by atoms with Gasteiger partial charge in [0, 0.05) is 12.5 Å². The summed E-state index contributed by atoms with van der Waals surface area (Å²) in [5, 5.41) is 0. The number of benzene rings is 2. The van der Waals surface area contributed by atoms with Gasteiger partial charge in [-0.25, -0.2) is 0 Å². The van der Waals surface area contributed by atoms with Gasteiger partial charge in [0.1, 0.15) is 0 Å². The maximum atomic E-state index is 11.1. The number of rotatable bonds is 3. The second-order valence-corrected chi connectivity index (χ2v) is 4.85. The molecule has 0 saturated carbocycles. The lowest BCUT2D eigenvalue weighted by Gasteiger charge is -2.07. The smallest absolute Gasteiger partial charge is 0.308 e. The molecule has 2 aromatic carbocycles. The molecule has 3 heteroatoms. The first kappa shape index (κ1) is 13.6. The summed E-state index contributed by atoms with van der Waals surface area (Å²) in [5.41, 5.74) is 1.95. The van der Waals surface area contributed by atoms with Crippen LogP contribution in [-0.4, -0.2) is 5.97 Å². The van der Waals surface area contributed by atoms with Gasteiger partial charge in [-0.1, -0.05) is 54.6 Å². The maximum absolute atomic E-state index is 11.1. The Balaban J connectivity index is 2.32. The molecular formula is C16H13BrO2. The molecule has 0 atom stereocenters. The molecule has 19 heavy (non-hydrogen) atoms. The number of halogens is 1. The monoisotopic (exact) mass is 316 g/mol. The van der Waals surface area contributed by atoms with E-state index < -0.39 is 0 Å². The largest absolute Gasteiger partial charge is 0.425 e. The van der Waals surface area contributed by atoms with Crippen LogP contribution < -0.4 is 4.74 Å². The Labute approximate surface area is 120 Å². The maximum Gasteiger partial charge on any atom is 0.308 e. The van der Waals surface area contributed by atoms with Crippen LogP contribution in [0, 0.1) is 0 Å². The van der Waals surface area contributed by atoms with E-state index in [4.69, 9.17) is 4.74 Å². The Morgan fingerprint density at radius 3 is 2.47 bits per heavy atom. The summed E-state index contributed by atoms with van der Waals surface area (Å²) in [4.78, 5) is 11.1. The van der Waals surface area contributed by atoms with Crippen molar-refractivity contribution in [1.29, 1.82) is 0 Å². The number of hydrogen-bond acceptors (Lipinski definition) is 2. The minimum absolute atomic E-state index is 0.332. The SMILES string of the molecule is CC(=O)Oc1c(Br)cccc1/C=C/c1ccccc1. The Kier molecular flexibility index (Phi) is 4.53. The highest BCUT2D eigenvalue weighted by molar-refractivity contribution is 9.10. The van der Waals surface area contributed by atoms with Crippen molar-refractivity contribution in [3.8, 4) is 5.75 Å². The fourth-order valence-electron chi connectivity index (χ4n) is 1.66. The molecule has 0 radical (unpaired) electrons. The molecule has 0 aliphatic heterocycles. The van der Waals surface area contributed by atoms with Gasteiger partial charge in [-0.2, -0.15) is 0 Å². The van der Waals surface area contributed by atoms with Crippen molar-refractivity contribution in [2.24, 2.45) is 0 Å². The molecule has 0 N–H and O–H groups in total. The van der Waals surface area contributed by atoms with Gasteiger partial charge in [-0.15, -0.1) is 0 Å². The summed E-state index contributed by atoms with van der Waals surface area (Å²) in [5.74, 6) is 0.212. The van der Waals surface area contributed by atoms with Gasteiger partial charge in [0.25, 0.3) is 0 Å². The van der Waals surface area contributed by atoms with Crippen LogP contribution in [0.5, 0.6) is 5.75 Å². The minimum atomic E-state index is -0.332. The van der Waals surface area contributed by atoms with E-state index in [2.05, 4.69) is 15.9 Å². The van der Waals surface area contributed by atoms with E-state index in [0.29, 0.717) is 5.75 Å². The molecule has 0 bridgehead atoms. The fraction of sp³-hybridized carbons (Fsp3) is 0.0625. The van der Waals surface area contributed by atoms with E-state index in [9.17, 15) is 4.79 Å². The van der Waals surface area contributed by atoms with E-state index in [1.807, 2.05) is 60.7 Å². The number of carbonyl (C=O) groups excluding carboxylic acids is 1. The Hall–Kier alpha value is -1.87. The highest BCUT2D eigenvalue weighted by Gasteiger charge is 2.08. The van der Waals surface area contributed by atoms with Crippen molar-refractivity contribution in [2.75, 3.05) is 0 Å². The zero-order chi connectivity index (χ0) is 13.7. The number of hydrogen-bond donors (Lipinski definition) is 0. The molecule has 0 unspecified atom stereocenters. The van der Waals surface area contributed by atoms with Crippen molar-refractivity contribution in [1.82, 2.24) is 0 Å². The first-order valence-corrected chi connectivity index (χ1v) is 6.66. The van der Waals surface area contributed by atoms with Crippen molar-refractivity contribution >= 4 is 34.1 Å². The normalized spacial score (nSPS) is 10.6. The number of carbonyl (C=O) groups is 1. The predicted octanol–water partition coefficient (Wildman–Crippen LogP) is 4.54. The number of esters is 1. The van der Waals surface area contributed by atoms with Crippen molar-refractivity contribution in [2.45, 2.75) is 6.92 Å². The van der Waals surface area contributed by atoms with Crippen LogP contribution >= 0.6 is 15.9 Å². The number of para-hydroxylation sites is 1. The molecule has 0 aromatic heterocycles. The van der Waals surface area contributed by atoms with Crippen molar-refractivity contribution in [3.63, 3.8) is 0 Å². The second-order valence-electron chi connectivity index (χ2n) is 4.00. The summed E-state index contributed by atoms with van der Waals surface area (Å²) >= 11 is 3.39. The van der Waals surface area contributed by atoms with Gasteiger partial charge in [0.15, 0.2) is 5.75 Å². The van der Waals surface area contributed by atoms with Gasteiger partial charge in [0.2, 0.25) is 0 Å². The molecule has 0 heterocycles. The third kappa shape index (κ3) is 3.80. The average molecular weight is 317 g/mol. The lowest BCUT2D eigenvalue weighted by Crippen LogP contribution is -2.03. The Bertz CT molecular complexity index is 603. The van der Waals surface area contributed by atoms with Crippen LogP contribution in [0.15, 0.2) is 53.0 Å². The quantitative estimate of drug-likeness (QED) is 0.472. The molecule has 0 spiro atoms. The lowest BCUT2D eigenvalue weighted by atomic mass is 10.1. The second kappa shape index (κ2) is 6.34. The summed E-state index contributed by atoms with van der Waals surface area (Å²) in [6.45, 7) is 1.39. The Morgan fingerprint density at radius 2 is 1.79 bits per heavy atom. The van der Waals surface area contributed by atoms with Gasteiger partial charge in [-0.05, 0) is 27.6 Å². The molecule has 0 amide bonds. The van der Waals surface area contributed by atoms with Crippen LogP contribution in [0.4, 0.5) is 0 Å². The van der Waals surface area contributed by atoms with Crippen LogP contribution in [0.25, 0.3) is 12.2 Å². The summed E-state index contributed by atoms with van der Waals surface area (Å²) in [6.07, 6.45) is 3.91. The molecule has 0 fully saturated rings. The number of ether oxygens (including phenoxy) is 1. The predicted molar refractivity (Wildman–Crippen MR) is 80.8 cm³/mol. The molecule has 0 aliphatic carbocycles. The first-order valence-electron chi connectivity index (χ1n) is 5.87. The van der Waals surface area contributed by atoms with Crippen LogP contribution in [0.2, 0.25) is 0 Å². The molecule has 0 aliphatic rings. The molecule has 2 aromatic rings. The zero-order valence-corrected chi connectivity index (χ0v) is 12.1. The molecular weight excluding hydrogens is 304 g/mol. The standard InChI is InChI=1S/C16H13BrO2/c1-12(18)19-16-14(8-5-9-15(16)17)11-10-13-6-3-2-4-7-13/h2-11H,1H3/b11-10+. The zero-order valence-electron chi connectivity index (χ0n) is 10.5. The average Bonchev–Trinajstić information content (AvgIpc) is 2.40. The molecule has 96 valence electrons. The highest BCUT2D eigenvalue weighted by Crippen LogP contribution is 2.30. The minimum Gasteiger partial charge on any atom is -0.425 e. The van der Waals surface area contributed by atoms with E-state index in [1.54, 1.807) is 0 Å². The van der Waals surface area contributed by atoms with Gasteiger partial charge in [0.05, 0.1) is 4.47 Å².